The van der Waals surface area contributed by atoms with Gasteiger partial charge in [-0.3, -0.25) is 19.5 Å². The molecule has 6 rings (SSSR count). The fraction of sp³-hybridized carbons (Fsp3) is 0.424. The number of amides is 2. The summed E-state index contributed by atoms with van der Waals surface area (Å²) in [4.78, 5) is 35.4. The number of nitrogens with zero attached hydrogens (tertiary/aromatic N) is 3. The first-order chi connectivity index (χ1) is 20.6. The number of hydrogen-bond acceptors (Lipinski definition) is 4. The maximum absolute atomic E-state index is 13.6. The van der Waals surface area contributed by atoms with E-state index >= 15 is 0 Å². The zero-order chi connectivity index (χ0) is 30.2. The third-order valence-corrected chi connectivity index (χ3v) is 9.78. The van der Waals surface area contributed by atoms with Gasteiger partial charge in [0.25, 0.3) is 11.8 Å². The number of aryl methyl sites for hydroxylation is 1. The van der Waals surface area contributed by atoms with Crippen molar-refractivity contribution >= 4 is 23.4 Å². The van der Waals surface area contributed by atoms with E-state index in [1.54, 1.807) is 0 Å². The Morgan fingerprint density at radius 1 is 0.977 bits per heavy atom. The summed E-state index contributed by atoms with van der Waals surface area (Å²) in [5, 5.41) is 2.80. The Labute approximate surface area is 254 Å². The molecule has 10 heteroatoms. The highest BCUT2D eigenvalue weighted by Gasteiger charge is 2.39. The standard InChI is InChI=1S/C33H34ClF3N4O2/c34-28-8-7-24(33(35,36)37)20-27(28)30(42)39-29-9-6-22-4-5-23(19-26(22)29)31(43)41-17-12-32(13-18-41)10-15-40(16-11-32)21-25-3-1-2-14-38-25/h1-5,7-8,14,19-20,29H,6,9-13,15-18,21H2,(H,39,42). The van der Waals surface area contributed by atoms with Crippen molar-refractivity contribution in [1.29, 1.82) is 0 Å². The fourth-order valence-electron chi connectivity index (χ4n) is 6.77. The number of piperidine rings is 2. The van der Waals surface area contributed by atoms with Gasteiger partial charge in [-0.1, -0.05) is 23.7 Å². The third-order valence-electron chi connectivity index (χ3n) is 9.45. The third kappa shape index (κ3) is 6.43. The van der Waals surface area contributed by atoms with Crippen molar-refractivity contribution in [3.63, 3.8) is 0 Å². The van der Waals surface area contributed by atoms with Crippen molar-refractivity contribution in [2.75, 3.05) is 26.2 Å². The van der Waals surface area contributed by atoms with Gasteiger partial charge >= 0.3 is 6.18 Å². The van der Waals surface area contributed by atoms with Gasteiger partial charge in [-0.25, -0.2) is 0 Å². The van der Waals surface area contributed by atoms with Crippen molar-refractivity contribution in [1.82, 2.24) is 20.1 Å². The van der Waals surface area contributed by atoms with Gasteiger partial charge in [0.2, 0.25) is 0 Å². The number of pyridine rings is 1. The average Bonchev–Trinajstić information content (AvgIpc) is 3.40. The molecule has 2 aromatic carbocycles. The molecular weight excluding hydrogens is 577 g/mol. The summed E-state index contributed by atoms with van der Waals surface area (Å²) >= 11 is 6.09. The molecule has 6 nitrogen and oxygen atoms in total. The Kier molecular flexibility index (Phi) is 8.22. The van der Waals surface area contributed by atoms with Gasteiger partial charge in [-0.15, -0.1) is 0 Å². The molecule has 2 aliphatic heterocycles. The molecule has 2 amide bonds. The van der Waals surface area contributed by atoms with Crippen LogP contribution in [0, 0.1) is 5.41 Å². The second kappa shape index (κ2) is 11.9. The molecule has 1 atom stereocenters. The Hall–Kier alpha value is -3.43. The number of likely N-dealkylation sites (tertiary alicyclic amines) is 2. The van der Waals surface area contributed by atoms with E-state index in [0.717, 1.165) is 80.3 Å². The van der Waals surface area contributed by atoms with Crippen molar-refractivity contribution in [2.45, 2.75) is 57.3 Å². The first-order valence-corrected chi connectivity index (χ1v) is 15.2. The summed E-state index contributed by atoms with van der Waals surface area (Å²) in [6.45, 7) is 4.37. The monoisotopic (exact) mass is 610 g/mol. The average molecular weight is 611 g/mol. The lowest BCUT2D eigenvalue weighted by molar-refractivity contribution is -0.137. The Bertz CT molecular complexity index is 1500. The van der Waals surface area contributed by atoms with Gasteiger partial charge in [-0.05, 0) is 111 Å². The molecule has 0 saturated carbocycles. The number of carbonyl (C=O) groups excluding carboxylic acids is 2. The molecule has 43 heavy (non-hydrogen) atoms. The SMILES string of the molecule is O=C(NC1CCc2ccc(C(=O)N3CCC4(CCN(Cc5ccccn5)CC4)CC3)cc21)c1cc(C(F)(F)F)ccc1Cl. The molecule has 3 heterocycles. The van der Waals surface area contributed by atoms with Crippen LogP contribution in [0.1, 0.15) is 81.2 Å². The van der Waals surface area contributed by atoms with E-state index in [0.29, 0.717) is 31.5 Å². The van der Waals surface area contributed by atoms with Gasteiger partial charge in [0.1, 0.15) is 0 Å². The zero-order valence-corrected chi connectivity index (χ0v) is 24.6. The van der Waals surface area contributed by atoms with Gasteiger partial charge in [0.05, 0.1) is 27.9 Å². The molecule has 2 fully saturated rings. The smallest absolute Gasteiger partial charge is 0.345 e. The molecule has 1 N–H and O–H groups in total. The molecule has 2 saturated heterocycles. The number of carbonyl (C=O) groups is 2. The van der Waals surface area contributed by atoms with Crippen LogP contribution in [0.4, 0.5) is 13.2 Å². The number of rotatable bonds is 5. The summed E-state index contributed by atoms with van der Waals surface area (Å²) in [7, 11) is 0. The number of halogens is 4. The van der Waals surface area contributed by atoms with E-state index in [9.17, 15) is 22.8 Å². The number of nitrogens with one attached hydrogen (secondary N) is 1. The van der Waals surface area contributed by atoms with Gasteiger partial charge in [0, 0.05) is 31.4 Å². The summed E-state index contributed by atoms with van der Waals surface area (Å²) in [6, 6.07) is 13.9. The van der Waals surface area contributed by atoms with Crippen LogP contribution in [-0.4, -0.2) is 52.8 Å². The van der Waals surface area contributed by atoms with Crippen LogP contribution < -0.4 is 5.32 Å². The second-order valence-electron chi connectivity index (χ2n) is 12.1. The Balaban J connectivity index is 1.07. The largest absolute Gasteiger partial charge is 0.416 e. The highest BCUT2D eigenvalue weighted by molar-refractivity contribution is 6.33. The quantitative estimate of drug-likeness (QED) is 0.350. The van der Waals surface area contributed by atoms with Crippen molar-refractivity contribution < 1.29 is 22.8 Å². The highest BCUT2D eigenvalue weighted by atomic mass is 35.5. The van der Waals surface area contributed by atoms with Crippen molar-refractivity contribution in [2.24, 2.45) is 5.41 Å². The molecule has 1 unspecified atom stereocenters. The second-order valence-corrected chi connectivity index (χ2v) is 12.5. The predicted octanol–water partition coefficient (Wildman–Crippen LogP) is 6.69. The van der Waals surface area contributed by atoms with Gasteiger partial charge < -0.3 is 10.2 Å². The van der Waals surface area contributed by atoms with E-state index in [4.69, 9.17) is 11.6 Å². The molecule has 226 valence electrons. The number of hydrogen-bond donors (Lipinski definition) is 1. The van der Waals surface area contributed by atoms with Crippen LogP contribution in [0.3, 0.4) is 0 Å². The summed E-state index contributed by atoms with van der Waals surface area (Å²) in [5.74, 6) is -0.693. The Morgan fingerprint density at radius 3 is 2.42 bits per heavy atom. The molecule has 1 aromatic heterocycles. The lowest BCUT2D eigenvalue weighted by Gasteiger charge is -2.47. The molecule has 1 spiro atoms. The zero-order valence-electron chi connectivity index (χ0n) is 23.8. The predicted molar refractivity (Wildman–Crippen MR) is 158 cm³/mol. The van der Waals surface area contributed by atoms with Crippen LogP contribution in [0.2, 0.25) is 5.02 Å². The number of fused-ring (bicyclic) bond motifs is 1. The summed E-state index contributed by atoms with van der Waals surface area (Å²) < 4.78 is 39.7. The lowest BCUT2D eigenvalue weighted by Crippen LogP contribution is -2.48. The van der Waals surface area contributed by atoms with E-state index in [-0.39, 0.29) is 21.9 Å². The maximum Gasteiger partial charge on any atom is 0.416 e. The minimum atomic E-state index is -4.58. The maximum atomic E-state index is 13.6. The van der Waals surface area contributed by atoms with Crippen LogP contribution >= 0.6 is 11.6 Å². The minimum Gasteiger partial charge on any atom is -0.345 e. The van der Waals surface area contributed by atoms with E-state index < -0.39 is 23.7 Å². The number of alkyl halides is 3. The molecule has 0 bridgehead atoms. The van der Waals surface area contributed by atoms with E-state index in [1.807, 2.05) is 41.4 Å². The lowest BCUT2D eigenvalue weighted by atomic mass is 9.71. The molecule has 0 radical (unpaired) electrons. The number of benzene rings is 2. The molecular formula is C33H34ClF3N4O2. The topological polar surface area (TPSA) is 65.5 Å². The van der Waals surface area contributed by atoms with Gasteiger partial charge in [0.15, 0.2) is 0 Å². The van der Waals surface area contributed by atoms with Crippen LogP contribution in [0.25, 0.3) is 0 Å². The number of aromatic nitrogens is 1. The molecule has 1 aliphatic carbocycles. The molecule has 3 aromatic rings. The van der Waals surface area contributed by atoms with Gasteiger partial charge in [-0.2, -0.15) is 13.2 Å². The summed E-state index contributed by atoms with van der Waals surface area (Å²) in [5.41, 5.74) is 2.63. The van der Waals surface area contributed by atoms with Crippen LogP contribution in [-0.2, 0) is 19.1 Å². The van der Waals surface area contributed by atoms with Crippen LogP contribution in [0.5, 0.6) is 0 Å². The normalized spacial score (nSPS) is 20.2. The fourth-order valence-corrected chi connectivity index (χ4v) is 6.97. The minimum absolute atomic E-state index is 0.0249. The highest BCUT2D eigenvalue weighted by Crippen LogP contribution is 2.42. The van der Waals surface area contributed by atoms with E-state index in [2.05, 4.69) is 21.3 Å². The first kappa shape index (κ1) is 29.6. The van der Waals surface area contributed by atoms with E-state index in [1.165, 1.54) is 0 Å². The molecule has 3 aliphatic rings. The van der Waals surface area contributed by atoms with Crippen LogP contribution in [0.15, 0.2) is 60.8 Å². The Morgan fingerprint density at radius 2 is 1.72 bits per heavy atom. The summed E-state index contributed by atoms with van der Waals surface area (Å²) in [6.07, 6.45) is 2.76. The van der Waals surface area contributed by atoms with Crippen molar-refractivity contribution in [3.8, 4) is 0 Å². The first-order valence-electron chi connectivity index (χ1n) is 14.8. The van der Waals surface area contributed by atoms with Crippen molar-refractivity contribution in [3.05, 3.63) is 99.3 Å².